The zero-order valence-corrected chi connectivity index (χ0v) is 8.09. The second-order valence-corrected chi connectivity index (χ2v) is 3.19. The molecule has 1 aliphatic rings. The summed E-state index contributed by atoms with van der Waals surface area (Å²) in [5, 5.41) is 3.22. The molecule has 1 heterocycles. The van der Waals surface area contributed by atoms with Crippen LogP contribution in [0.3, 0.4) is 0 Å². The second kappa shape index (κ2) is 4.88. The van der Waals surface area contributed by atoms with E-state index in [1.165, 1.54) is 0 Å². The first kappa shape index (κ1) is 10.1. The Morgan fingerprint density at radius 2 is 2.46 bits per heavy atom. The van der Waals surface area contributed by atoms with Crippen molar-refractivity contribution in [2.75, 3.05) is 13.2 Å². The molecule has 0 aromatic rings. The summed E-state index contributed by atoms with van der Waals surface area (Å²) >= 11 is 0. The molecule has 0 aromatic carbocycles. The summed E-state index contributed by atoms with van der Waals surface area (Å²) in [7, 11) is 0. The van der Waals surface area contributed by atoms with Gasteiger partial charge in [-0.25, -0.2) is 4.79 Å². The highest BCUT2D eigenvalue weighted by Gasteiger charge is 2.20. The van der Waals surface area contributed by atoms with E-state index < -0.39 is 5.97 Å². The molecular weight excluding hydrogens is 166 g/mol. The van der Waals surface area contributed by atoms with Crippen molar-refractivity contribution in [3.05, 3.63) is 0 Å². The third-order valence-corrected chi connectivity index (χ3v) is 2.14. The maximum Gasteiger partial charge on any atom is 0.384 e. The molecule has 0 saturated carbocycles. The number of carbonyl (C=O) groups excluding carboxylic acids is 1. The molecule has 0 amide bonds. The summed E-state index contributed by atoms with van der Waals surface area (Å²) in [6, 6.07) is 0.157. The van der Waals surface area contributed by atoms with Crippen LogP contribution in [0.5, 0.6) is 0 Å². The summed E-state index contributed by atoms with van der Waals surface area (Å²) in [6.45, 7) is 5.28. The molecule has 13 heavy (non-hydrogen) atoms. The molecule has 1 aliphatic heterocycles. The number of carbonyl (C=O) groups is 1. The number of rotatable bonds is 1. The fourth-order valence-electron chi connectivity index (χ4n) is 1.33. The minimum atomic E-state index is -0.427. The van der Waals surface area contributed by atoms with Crippen LogP contribution in [0.1, 0.15) is 20.3 Å². The lowest BCUT2D eigenvalue weighted by Crippen LogP contribution is -2.23. The van der Waals surface area contributed by atoms with Gasteiger partial charge in [0.15, 0.2) is 0 Å². The highest BCUT2D eigenvalue weighted by Crippen LogP contribution is 2.12. The number of esters is 1. The molecule has 2 atom stereocenters. The van der Waals surface area contributed by atoms with Crippen molar-refractivity contribution < 1.29 is 9.53 Å². The van der Waals surface area contributed by atoms with Gasteiger partial charge in [-0.2, -0.15) is 0 Å². The summed E-state index contributed by atoms with van der Waals surface area (Å²) in [5.74, 6) is 5.46. The lowest BCUT2D eigenvalue weighted by atomic mass is 10.0. The SMILES string of the molecule is CCOC(=O)C#CC1NCCC1C. The van der Waals surface area contributed by atoms with E-state index >= 15 is 0 Å². The van der Waals surface area contributed by atoms with Crippen LogP contribution in [0.2, 0.25) is 0 Å². The molecule has 0 aromatic heterocycles. The van der Waals surface area contributed by atoms with Crippen LogP contribution >= 0.6 is 0 Å². The van der Waals surface area contributed by atoms with Crippen LogP contribution in [0.15, 0.2) is 0 Å². The van der Waals surface area contributed by atoms with E-state index in [2.05, 4.69) is 24.1 Å². The van der Waals surface area contributed by atoms with Crippen LogP contribution in [-0.2, 0) is 9.53 Å². The first-order valence-corrected chi connectivity index (χ1v) is 4.65. The Bertz CT molecular complexity index is 239. The molecule has 2 unspecified atom stereocenters. The highest BCUT2D eigenvalue weighted by molar-refractivity contribution is 5.88. The van der Waals surface area contributed by atoms with Crippen molar-refractivity contribution in [3.63, 3.8) is 0 Å². The Hall–Kier alpha value is -1.01. The molecule has 3 heteroatoms. The zero-order valence-electron chi connectivity index (χ0n) is 8.09. The quantitative estimate of drug-likeness (QED) is 0.365. The fourth-order valence-corrected chi connectivity index (χ4v) is 1.33. The molecule has 0 radical (unpaired) electrons. The minimum Gasteiger partial charge on any atom is -0.456 e. The Labute approximate surface area is 78.8 Å². The van der Waals surface area contributed by atoms with E-state index in [4.69, 9.17) is 4.74 Å². The molecule has 1 fully saturated rings. The van der Waals surface area contributed by atoms with Gasteiger partial charge >= 0.3 is 5.97 Å². The normalized spacial score (nSPS) is 26.3. The summed E-state index contributed by atoms with van der Waals surface area (Å²) in [6.07, 6.45) is 1.13. The van der Waals surface area contributed by atoms with Crippen LogP contribution in [0, 0.1) is 17.8 Å². The van der Waals surface area contributed by atoms with Gasteiger partial charge in [0.25, 0.3) is 0 Å². The molecule has 72 valence electrons. The fraction of sp³-hybridized carbons (Fsp3) is 0.700. The van der Waals surface area contributed by atoms with E-state index in [1.54, 1.807) is 6.92 Å². The molecule has 1 saturated heterocycles. The molecule has 1 N–H and O–H groups in total. The average molecular weight is 181 g/mol. The van der Waals surface area contributed by atoms with Gasteiger partial charge in [0.05, 0.1) is 12.6 Å². The topological polar surface area (TPSA) is 38.3 Å². The van der Waals surface area contributed by atoms with Crippen LogP contribution in [-0.4, -0.2) is 25.2 Å². The lowest BCUT2D eigenvalue weighted by Gasteiger charge is -2.05. The third-order valence-electron chi connectivity index (χ3n) is 2.14. The molecule has 3 nitrogen and oxygen atoms in total. The summed E-state index contributed by atoms with van der Waals surface area (Å²) in [4.78, 5) is 10.9. The number of nitrogens with one attached hydrogen (secondary N) is 1. The van der Waals surface area contributed by atoms with Gasteiger partial charge < -0.3 is 10.1 Å². The first-order chi connectivity index (χ1) is 6.24. The van der Waals surface area contributed by atoms with Crippen LogP contribution in [0.4, 0.5) is 0 Å². The number of hydrogen-bond donors (Lipinski definition) is 1. The molecular formula is C10H15NO2. The highest BCUT2D eigenvalue weighted by atomic mass is 16.5. The predicted octanol–water partition coefficient (Wildman–Crippen LogP) is 0.551. The zero-order chi connectivity index (χ0) is 9.68. The minimum absolute atomic E-state index is 0.157. The Morgan fingerprint density at radius 1 is 1.69 bits per heavy atom. The maximum absolute atomic E-state index is 10.9. The Kier molecular flexibility index (Phi) is 3.78. The lowest BCUT2D eigenvalue weighted by molar-refractivity contribution is -0.136. The standard InChI is InChI=1S/C10H15NO2/c1-3-13-10(12)5-4-9-8(2)6-7-11-9/h8-9,11H,3,6-7H2,1-2H3. The molecule has 0 bridgehead atoms. The molecule has 1 rings (SSSR count). The van der Waals surface area contributed by atoms with Crippen LogP contribution < -0.4 is 5.32 Å². The van der Waals surface area contributed by atoms with Crippen molar-refractivity contribution in [2.24, 2.45) is 5.92 Å². The van der Waals surface area contributed by atoms with Crippen LogP contribution in [0.25, 0.3) is 0 Å². The second-order valence-electron chi connectivity index (χ2n) is 3.19. The Morgan fingerprint density at radius 3 is 3.00 bits per heavy atom. The smallest absolute Gasteiger partial charge is 0.384 e. The third kappa shape index (κ3) is 3.08. The maximum atomic E-state index is 10.9. The van der Waals surface area contributed by atoms with E-state index in [0.29, 0.717) is 12.5 Å². The van der Waals surface area contributed by atoms with Crippen molar-refractivity contribution in [1.29, 1.82) is 0 Å². The van der Waals surface area contributed by atoms with E-state index in [1.807, 2.05) is 0 Å². The molecule has 0 spiro atoms. The van der Waals surface area contributed by atoms with Crippen molar-refractivity contribution in [3.8, 4) is 11.8 Å². The van der Waals surface area contributed by atoms with Crippen molar-refractivity contribution >= 4 is 5.97 Å². The Balaban J connectivity index is 2.41. The molecule has 0 aliphatic carbocycles. The largest absolute Gasteiger partial charge is 0.456 e. The van der Waals surface area contributed by atoms with E-state index in [-0.39, 0.29) is 6.04 Å². The van der Waals surface area contributed by atoms with Crippen molar-refractivity contribution in [1.82, 2.24) is 5.32 Å². The van der Waals surface area contributed by atoms with E-state index in [0.717, 1.165) is 13.0 Å². The number of ether oxygens (including phenoxy) is 1. The average Bonchev–Trinajstić information content (AvgIpc) is 2.48. The van der Waals surface area contributed by atoms with Crippen molar-refractivity contribution in [2.45, 2.75) is 26.3 Å². The monoisotopic (exact) mass is 181 g/mol. The van der Waals surface area contributed by atoms with Gasteiger partial charge in [0.2, 0.25) is 0 Å². The number of hydrogen-bond acceptors (Lipinski definition) is 3. The van der Waals surface area contributed by atoms with Gasteiger partial charge in [-0.3, -0.25) is 0 Å². The first-order valence-electron chi connectivity index (χ1n) is 4.65. The van der Waals surface area contributed by atoms with Gasteiger partial charge in [-0.15, -0.1) is 0 Å². The predicted molar refractivity (Wildman–Crippen MR) is 50.0 cm³/mol. The van der Waals surface area contributed by atoms with Gasteiger partial charge in [-0.1, -0.05) is 12.8 Å². The summed E-state index contributed by atoms with van der Waals surface area (Å²) < 4.78 is 4.70. The van der Waals surface area contributed by atoms with Gasteiger partial charge in [0, 0.05) is 5.92 Å². The van der Waals surface area contributed by atoms with E-state index in [9.17, 15) is 4.79 Å². The summed E-state index contributed by atoms with van der Waals surface area (Å²) in [5.41, 5.74) is 0. The van der Waals surface area contributed by atoms with Gasteiger partial charge in [0.1, 0.15) is 0 Å². The van der Waals surface area contributed by atoms with Gasteiger partial charge in [-0.05, 0) is 25.8 Å².